The maximum Gasteiger partial charge on any atom is 0.491 e. The highest BCUT2D eigenvalue weighted by Crippen LogP contribution is 2.20. The lowest BCUT2D eigenvalue weighted by Crippen LogP contribution is -2.33. The number of hydrogen-bond acceptors (Lipinski definition) is 8. The standard InChI is InChI=1S/C55H99BN2O7/c1-5-9-12-15-20-27-35-50(8-4)64-53(59)38-30-23-18-25-32-43-58(45-34-42-57-55(61)48-40-41-49-47-63-56(62)52(49)46-48)44-33-26-19-24-31-39-54(60)65-51(36-28-21-16-13-10-6-2)37-29-22-17-14-11-7-3/h40-41,46,50-51,62H,5-39,42-45,47H2,1-4H3,(H,57,61). The number of fused-ring (bicyclic) bond motifs is 1. The summed E-state index contributed by atoms with van der Waals surface area (Å²) in [5, 5.41) is 13.2. The predicted octanol–water partition coefficient (Wildman–Crippen LogP) is 13.5. The average molecular weight is 911 g/mol. The third-order valence-corrected chi connectivity index (χ3v) is 13.4. The van der Waals surface area contributed by atoms with Gasteiger partial charge >= 0.3 is 19.1 Å². The minimum atomic E-state index is -0.964. The maximum absolute atomic E-state index is 12.9. The van der Waals surface area contributed by atoms with Crippen molar-refractivity contribution in [2.24, 2.45) is 0 Å². The number of carbonyl (C=O) groups is 3. The molecule has 0 spiro atoms. The van der Waals surface area contributed by atoms with Gasteiger partial charge in [-0.25, -0.2) is 0 Å². The lowest BCUT2D eigenvalue weighted by atomic mass is 9.79. The zero-order valence-electron chi connectivity index (χ0n) is 42.6. The number of carbonyl (C=O) groups excluding carboxylic acids is 3. The van der Waals surface area contributed by atoms with Crippen molar-refractivity contribution in [2.75, 3.05) is 26.2 Å². The Morgan fingerprint density at radius 3 is 1.52 bits per heavy atom. The van der Waals surface area contributed by atoms with Crippen molar-refractivity contribution in [1.29, 1.82) is 0 Å². The summed E-state index contributed by atoms with van der Waals surface area (Å²) in [6.07, 6.45) is 39.4. The van der Waals surface area contributed by atoms with Gasteiger partial charge in [-0.15, -0.1) is 0 Å². The number of unbranched alkanes of at least 4 members (excludes halogenated alkanes) is 23. The maximum atomic E-state index is 12.9. The first kappa shape index (κ1) is 58.7. The van der Waals surface area contributed by atoms with E-state index in [0.29, 0.717) is 37.0 Å². The van der Waals surface area contributed by atoms with E-state index in [1.54, 1.807) is 12.1 Å². The first-order valence-corrected chi connectivity index (χ1v) is 27.6. The molecule has 2 rings (SSSR count). The Balaban J connectivity index is 1.72. The van der Waals surface area contributed by atoms with Gasteiger partial charge in [-0.3, -0.25) is 14.4 Å². The summed E-state index contributed by atoms with van der Waals surface area (Å²) in [5.74, 6) is -0.160. The van der Waals surface area contributed by atoms with Crippen LogP contribution in [0.4, 0.5) is 0 Å². The molecular weight excluding hydrogens is 811 g/mol. The molecule has 65 heavy (non-hydrogen) atoms. The number of nitrogens with zero attached hydrogens (tertiary/aromatic N) is 1. The van der Waals surface area contributed by atoms with Crippen LogP contribution >= 0.6 is 0 Å². The highest BCUT2D eigenvalue weighted by molar-refractivity contribution is 6.61. The second-order valence-electron chi connectivity index (χ2n) is 19.4. The van der Waals surface area contributed by atoms with Crippen molar-refractivity contribution in [2.45, 2.75) is 271 Å². The molecule has 1 heterocycles. The SMILES string of the molecule is CCCCCCCCC(CC)OC(=O)CCCCCCCN(CCCCCCCC(=O)OC(CCCCCCCC)CCCCCCCC)CCCNC(=O)c1ccc2c(c1)B(O)OC2. The molecule has 1 amide bonds. The number of esters is 2. The van der Waals surface area contributed by atoms with Gasteiger partial charge in [-0.05, 0) is 120 Å². The molecule has 374 valence electrons. The van der Waals surface area contributed by atoms with E-state index in [0.717, 1.165) is 141 Å². The van der Waals surface area contributed by atoms with Gasteiger partial charge in [0, 0.05) is 24.9 Å². The van der Waals surface area contributed by atoms with Crippen LogP contribution in [0, 0.1) is 0 Å². The van der Waals surface area contributed by atoms with E-state index in [9.17, 15) is 19.4 Å². The molecule has 0 bridgehead atoms. The highest BCUT2D eigenvalue weighted by Gasteiger charge is 2.28. The Bertz CT molecular complexity index is 1310. The summed E-state index contributed by atoms with van der Waals surface area (Å²) in [6, 6.07) is 5.41. The van der Waals surface area contributed by atoms with E-state index in [1.165, 1.54) is 96.3 Å². The summed E-state index contributed by atoms with van der Waals surface area (Å²) in [7, 11) is -0.964. The van der Waals surface area contributed by atoms with Gasteiger partial charge in [0.15, 0.2) is 0 Å². The molecule has 1 atom stereocenters. The Kier molecular flexibility index (Phi) is 36.7. The molecule has 10 heteroatoms. The monoisotopic (exact) mass is 911 g/mol. The molecule has 0 aromatic heterocycles. The zero-order chi connectivity index (χ0) is 47.0. The smallest absolute Gasteiger partial charge is 0.462 e. The van der Waals surface area contributed by atoms with Crippen molar-refractivity contribution >= 4 is 30.4 Å². The van der Waals surface area contributed by atoms with Crippen molar-refractivity contribution in [3.05, 3.63) is 29.3 Å². The van der Waals surface area contributed by atoms with Crippen LogP contribution in [0.1, 0.15) is 268 Å². The van der Waals surface area contributed by atoms with Crippen LogP contribution in [0.25, 0.3) is 0 Å². The van der Waals surface area contributed by atoms with E-state index in [2.05, 4.69) is 37.9 Å². The zero-order valence-corrected chi connectivity index (χ0v) is 42.6. The Labute approximate surface area is 399 Å². The van der Waals surface area contributed by atoms with Crippen LogP contribution in [-0.4, -0.2) is 73.3 Å². The Morgan fingerprint density at radius 1 is 0.585 bits per heavy atom. The van der Waals surface area contributed by atoms with Crippen LogP contribution < -0.4 is 10.8 Å². The molecule has 0 fully saturated rings. The molecule has 2 N–H and O–H groups in total. The molecule has 1 aromatic carbocycles. The number of rotatable bonds is 45. The fourth-order valence-electron chi connectivity index (χ4n) is 9.12. The van der Waals surface area contributed by atoms with Crippen LogP contribution in [0.3, 0.4) is 0 Å². The van der Waals surface area contributed by atoms with Crippen molar-refractivity contribution in [3.8, 4) is 0 Å². The topological polar surface area (TPSA) is 114 Å². The van der Waals surface area contributed by atoms with E-state index in [-0.39, 0.29) is 30.1 Å². The largest absolute Gasteiger partial charge is 0.491 e. The molecule has 1 aliphatic heterocycles. The van der Waals surface area contributed by atoms with Gasteiger partial charge in [0.2, 0.25) is 0 Å². The fourth-order valence-corrected chi connectivity index (χ4v) is 9.12. The molecule has 1 unspecified atom stereocenters. The van der Waals surface area contributed by atoms with Gasteiger partial charge in [0.05, 0.1) is 6.61 Å². The molecule has 0 aliphatic carbocycles. The van der Waals surface area contributed by atoms with Gasteiger partial charge < -0.3 is 29.4 Å². The second-order valence-corrected chi connectivity index (χ2v) is 19.4. The van der Waals surface area contributed by atoms with Crippen LogP contribution in [0.5, 0.6) is 0 Å². The van der Waals surface area contributed by atoms with Crippen LogP contribution in [0.15, 0.2) is 18.2 Å². The summed E-state index contributed by atoms with van der Waals surface area (Å²) in [5.41, 5.74) is 2.15. The Hall–Kier alpha value is -2.43. The molecule has 1 aliphatic rings. The summed E-state index contributed by atoms with van der Waals surface area (Å²) < 4.78 is 17.2. The molecule has 0 saturated heterocycles. The van der Waals surface area contributed by atoms with Gasteiger partial charge in [0.25, 0.3) is 5.91 Å². The molecule has 1 aromatic rings. The van der Waals surface area contributed by atoms with Crippen molar-refractivity contribution in [3.63, 3.8) is 0 Å². The summed E-state index contributed by atoms with van der Waals surface area (Å²) in [6.45, 7) is 12.8. The quantitative estimate of drug-likeness (QED) is 0.0378. The first-order chi connectivity index (χ1) is 31.8. The van der Waals surface area contributed by atoms with Crippen molar-refractivity contribution in [1.82, 2.24) is 10.2 Å². The third-order valence-electron chi connectivity index (χ3n) is 13.4. The number of ether oxygens (including phenoxy) is 2. The summed E-state index contributed by atoms with van der Waals surface area (Å²) in [4.78, 5) is 41.0. The van der Waals surface area contributed by atoms with E-state index in [4.69, 9.17) is 14.1 Å². The third kappa shape index (κ3) is 30.6. The van der Waals surface area contributed by atoms with Crippen LogP contribution in [-0.2, 0) is 30.3 Å². The average Bonchev–Trinajstić information content (AvgIpc) is 3.68. The molecular formula is C55H99BN2O7. The van der Waals surface area contributed by atoms with Gasteiger partial charge in [-0.2, -0.15) is 0 Å². The number of hydrogen-bond donors (Lipinski definition) is 2. The predicted molar refractivity (Wildman–Crippen MR) is 272 cm³/mol. The van der Waals surface area contributed by atoms with E-state index in [1.807, 2.05) is 6.07 Å². The van der Waals surface area contributed by atoms with Gasteiger partial charge in [0.1, 0.15) is 12.2 Å². The molecule has 0 saturated carbocycles. The van der Waals surface area contributed by atoms with Crippen molar-refractivity contribution < 1.29 is 33.5 Å². The van der Waals surface area contributed by atoms with E-state index >= 15 is 0 Å². The van der Waals surface area contributed by atoms with E-state index < -0.39 is 7.12 Å². The lowest BCUT2D eigenvalue weighted by Gasteiger charge is -2.22. The second kappa shape index (κ2) is 40.6. The Morgan fingerprint density at radius 2 is 1.02 bits per heavy atom. The van der Waals surface area contributed by atoms with Crippen LogP contribution in [0.2, 0.25) is 0 Å². The lowest BCUT2D eigenvalue weighted by molar-refractivity contribution is -0.150. The minimum absolute atomic E-state index is 0.00289. The molecule has 9 nitrogen and oxygen atoms in total. The number of amides is 1. The molecule has 0 radical (unpaired) electrons. The fraction of sp³-hybridized carbons (Fsp3) is 0.836. The normalized spacial score (nSPS) is 12.9. The minimum Gasteiger partial charge on any atom is -0.462 e. The summed E-state index contributed by atoms with van der Waals surface area (Å²) >= 11 is 0. The number of nitrogens with one attached hydrogen (secondary N) is 1. The highest BCUT2D eigenvalue weighted by atomic mass is 16.5. The number of benzene rings is 1. The first-order valence-electron chi connectivity index (χ1n) is 27.6. The van der Waals surface area contributed by atoms with Gasteiger partial charge in [-0.1, -0.05) is 169 Å².